The molecule has 2 rings (SSSR count). The van der Waals surface area contributed by atoms with Crippen molar-refractivity contribution in [2.75, 3.05) is 26.7 Å². The van der Waals surface area contributed by atoms with Gasteiger partial charge in [0.2, 0.25) is 0 Å². The lowest BCUT2D eigenvalue weighted by atomic mass is 9.71. The largest absolute Gasteiger partial charge is 0.497 e. The van der Waals surface area contributed by atoms with Crippen LogP contribution in [0.4, 0.5) is 0 Å². The van der Waals surface area contributed by atoms with Gasteiger partial charge in [-0.15, -0.1) is 12.4 Å². The minimum atomic E-state index is -0.851. The second-order valence-corrected chi connectivity index (χ2v) is 7.18. The third-order valence-electron chi connectivity index (χ3n) is 4.71. The van der Waals surface area contributed by atoms with Crippen molar-refractivity contribution in [2.24, 2.45) is 5.41 Å². The molecule has 0 amide bonds. The van der Waals surface area contributed by atoms with Crippen LogP contribution in [0, 0.1) is 5.41 Å². The highest BCUT2D eigenvalue weighted by molar-refractivity contribution is 5.85. The van der Waals surface area contributed by atoms with Crippen molar-refractivity contribution in [3.8, 4) is 5.75 Å². The molecule has 1 atom stereocenters. The van der Waals surface area contributed by atoms with Gasteiger partial charge < -0.3 is 14.7 Å². The number of β-amino-alcohol motifs (C(OH)–C–C–N with tert-alkyl or cyclic N) is 1. The average Bonchev–Trinajstić information content (AvgIpc) is 2.47. The number of methoxy groups -OCH3 is 1. The first kappa shape index (κ1) is 19.3. The highest BCUT2D eigenvalue weighted by Gasteiger charge is 2.43. The number of benzene rings is 1. The van der Waals surface area contributed by atoms with Gasteiger partial charge in [0, 0.05) is 6.54 Å². The lowest BCUT2D eigenvalue weighted by molar-refractivity contribution is -0.0893. The van der Waals surface area contributed by atoms with Crippen LogP contribution in [-0.4, -0.2) is 36.8 Å². The third kappa shape index (κ3) is 4.15. The number of piperidine rings is 1. The Hall–Kier alpha value is -0.770. The predicted octanol–water partition coefficient (Wildman–Crippen LogP) is 3.84. The first-order valence-corrected chi connectivity index (χ1v) is 7.96. The van der Waals surface area contributed by atoms with Crippen molar-refractivity contribution in [1.82, 2.24) is 4.90 Å². The molecule has 4 heteroatoms. The molecule has 1 aliphatic heterocycles. The van der Waals surface area contributed by atoms with Gasteiger partial charge in [0.15, 0.2) is 0 Å². The van der Waals surface area contributed by atoms with E-state index in [0.29, 0.717) is 6.54 Å². The van der Waals surface area contributed by atoms with E-state index in [-0.39, 0.29) is 17.8 Å². The normalized spacial score (nSPS) is 19.1. The monoisotopic (exact) mass is 327 g/mol. The number of ether oxygens (including phenoxy) is 1. The Morgan fingerprint density at radius 1 is 1.05 bits per heavy atom. The number of rotatable bonds is 4. The van der Waals surface area contributed by atoms with Crippen LogP contribution in [0.2, 0.25) is 0 Å². The number of nitrogens with zero attached hydrogens (tertiary/aromatic N) is 1. The Morgan fingerprint density at radius 3 is 2.05 bits per heavy atom. The molecule has 0 radical (unpaired) electrons. The molecule has 1 aromatic carbocycles. The van der Waals surface area contributed by atoms with Crippen molar-refractivity contribution in [2.45, 2.75) is 45.6 Å². The zero-order valence-corrected chi connectivity index (χ0v) is 15.1. The number of aliphatic hydroxyl groups is 1. The second kappa shape index (κ2) is 7.67. The summed E-state index contributed by atoms with van der Waals surface area (Å²) in [7, 11) is 1.67. The molecule has 0 bridgehead atoms. The first-order chi connectivity index (χ1) is 9.87. The number of halogens is 1. The summed E-state index contributed by atoms with van der Waals surface area (Å²) in [6, 6.07) is 7.85. The molecule has 0 aliphatic carbocycles. The van der Waals surface area contributed by atoms with Crippen molar-refractivity contribution >= 4 is 12.4 Å². The molecule has 0 saturated carbocycles. The SMILES string of the molecule is COc1ccc(C(O)(CN2CCCCC2)C(C)(C)C)cc1.Cl. The van der Waals surface area contributed by atoms with E-state index >= 15 is 0 Å². The number of likely N-dealkylation sites (tertiary alicyclic amines) is 1. The molecule has 1 aliphatic rings. The van der Waals surface area contributed by atoms with Crippen LogP contribution < -0.4 is 4.74 Å². The molecule has 3 nitrogen and oxygen atoms in total. The van der Waals surface area contributed by atoms with Crippen LogP contribution >= 0.6 is 12.4 Å². The maximum Gasteiger partial charge on any atom is 0.118 e. The molecule has 22 heavy (non-hydrogen) atoms. The summed E-state index contributed by atoms with van der Waals surface area (Å²) in [6.45, 7) is 9.22. The molecular formula is C18H30ClNO2. The van der Waals surface area contributed by atoms with Crippen molar-refractivity contribution < 1.29 is 9.84 Å². The second-order valence-electron chi connectivity index (χ2n) is 7.18. The lowest BCUT2D eigenvalue weighted by Gasteiger charge is -2.44. The molecule has 1 aromatic rings. The van der Waals surface area contributed by atoms with Crippen molar-refractivity contribution in [3.63, 3.8) is 0 Å². The smallest absolute Gasteiger partial charge is 0.118 e. The van der Waals surface area contributed by atoms with Gasteiger partial charge in [-0.05, 0) is 49.0 Å². The van der Waals surface area contributed by atoms with Crippen LogP contribution in [0.25, 0.3) is 0 Å². The Balaban J connectivity index is 0.00000242. The average molecular weight is 328 g/mol. The van der Waals surface area contributed by atoms with Gasteiger partial charge in [0.05, 0.1) is 7.11 Å². The van der Waals surface area contributed by atoms with Crippen LogP contribution in [0.3, 0.4) is 0 Å². The van der Waals surface area contributed by atoms with Gasteiger partial charge in [0.1, 0.15) is 11.4 Å². The predicted molar refractivity (Wildman–Crippen MR) is 93.9 cm³/mol. The van der Waals surface area contributed by atoms with Crippen molar-refractivity contribution in [1.29, 1.82) is 0 Å². The molecule has 1 saturated heterocycles. The van der Waals surface area contributed by atoms with E-state index in [0.717, 1.165) is 24.4 Å². The highest BCUT2D eigenvalue weighted by Crippen LogP contribution is 2.40. The fourth-order valence-corrected chi connectivity index (χ4v) is 3.07. The van der Waals surface area contributed by atoms with Gasteiger partial charge in [-0.2, -0.15) is 0 Å². The van der Waals surface area contributed by atoms with Crippen LogP contribution in [0.1, 0.15) is 45.6 Å². The molecule has 1 N–H and O–H groups in total. The van der Waals surface area contributed by atoms with Gasteiger partial charge in [-0.3, -0.25) is 0 Å². The van der Waals surface area contributed by atoms with Crippen LogP contribution in [-0.2, 0) is 5.60 Å². The third-order valence-corrected chi connectivity index (χ3v) is 4.71. The summed E-state index contributed by atoms with van der Waals surface area (Å²) >= 11 is 0. The molecule has 0 aromatic heterocycles. The Morgan fingerprint density at radius 2 is 1.59 bits per heavy atom. The zero-order valence-electron chi connectivity index (χ0n) is 14.3. The first-order valence-electron chi connectivity index (χ1n) is 7.96. The van der Waals surface area contributed by atoms with E-state index in [1.807, 2.05) is 24.3 Å². The fraction of sp³-hybridized carbons (Fsp3) is 0.667. The van der Waals surface area contributed by atoms with E-state index in [4.69, 9.17) is 4.74 Å². The van der Waals surface area contributed by atoms with E-state index in [1.165, 1.54) is 19.3 Å². The quantitative estimate of drug-likeness (QED) is 0.912. The summed E-state index contributed by atoms with van der Waals surface area (Å²) in [5.74, 6) is 0.827. The topological polar surface area (TPSA) is 32.7 Å². The van der Waals surface area contributed by atoms with E-state index in [9.17, 15) is 5.11 Å². The van der Waals surface area contributed by atoms with Gasteiger partial charge in [-0.25, -0.2) is 0 Å². The summed E-state index contributed by atoms with van der Waals surface area (Å²) in [6.07, 6.45) is 3.79. The lowest BCUT2D eigenvalue weighted by Crippen LogP contribution is -2.50. The minimum absolute atomic E-state index is 0. The summed E-state index contributed by atoms with van der Waals surface area (Å²) in [4.78, 5) is 2.40. The van der Waals surface area contributed by atoms with Crippen molar-refractivity contribution in [3.05, 3.63) is 29.8 Å². The van der Waals surface area contributed by atoms with E-state index in [2.05, 4.69) is 25.7 Å². The molecule has 1 heterocycles. The van der Waals surface area contributed by atoms with E-state index < -0.39 is 5.60 Å². The Kier molecular flexibility index (Phi) is 6.72. The van der Waals surface area contributed by atoms with Crippen LogP contribution in [0.15, 0.2) is 24.3 Å². The maximum absolute atomic E-state index is 11.5. The fourth-order valence-electron chi connectivity index (χ4n) is 3.07. The van der Waals surface area contributed by atoms with Gasteiger partial charge >= 0.3 is 0 Å². The van der Waals surface area contributed by atoms with Gasteiger partial charge in [-0.1, -0.05) is 39.3 Å². The van der Waals surface area contributed by atoms with E-state index in [1.54, 1.807) is 7.11 Å². The molecule has 1 unspecified atom stereocenters. The van der Waals surface area contributed by atoms with Gasteiger partial charge in [0.25, 0.3) is 0 Å². The minimum Gasteiger partial charge on any atom is -0.497 e. The molecule has 1 fully saturated rings. The zero-order chi connectivity index (χ0) is 15.5. The summed E-state index contributed by atoms with van der Waals surface area (Å²) in [5, 5.41) is 11.5. The maximum atomic E-state index is 11.5. The standard InChI is InChI=1S/C18H29NO2.ClH/c1-17(2,3)18(20,14-19-12-6-5-7-13-19)15-8-10-16(21-4)11-9-15;/h8-11,20H,5-7,12-14H2,1-4H3;1H. The summed E-state index contributed by atoms with van der Waals surface area (Å²) in [5.41, 5.74) is -0.100. The Bertz CT molecular complexity index is 449. The van der Waals surface area contributed by atoms with Crippen LogP contribution in [0.5, 0.6) is 5.75 Å². The molecule has 126 valence electrons. The number of hydrogen-bond acceptors (Lipinski definition) is 3. The number of hydrogen-bond donors (Lipinski definition) is 1. The highest BCUT2D eigenvalue weighted by atomic mass is 35.5. The summed E-state index contributed by atoms with van der Waals surface area (Å²) < 4.78 is 5.23. The molecular weight excluding hydrogens is 298 g/mol. The Labute approximate surface area is 141 Å². The molecule has 0 spiro atoms.